The van der Waals surface area contributed by atoms with Crippen LogP contribution in [0, 0.1) is 5.41 Å². The van der Waals surface area contributed by atoms with E-state index in [4.69, 9.17) is 9.47 Å². The first kappa shape index (κ1) is 20.0. The van der Waals surface area contributed by atoms with Gasteiger partial charge < -0.3 is 14.0 Å². The maximum Gasteiger partial charge on any atom is 0.268 e. The Labute approximate surface area is 157 Å². The van der Waals surface area contributed by atoms with E-state index in [1.165, 1.54) is 15.9 Å². The molecule has 0 saturated carbocycles. The van der Waals surface area contributed by atoms with Crippen molar-refractivity contribution in [2.75, 3.05) is 13.7 Å². The number of hydrogen-bond acceptors (Lipinski definition) is 5. The first-order valence-electron chi connectivity index (χ1n) is 8.42. The summed E-state index contributed by atoms with van der Waals surface area (Å²) in [5, 5.41) is 0. The molecule has 0 N–H and O–H groups in total. The monoisotopic (exact) mass is 375 g/mol. The lowest BCUT2D eigenvalue weighted by Crippen LogP contribution is -2.30. The summed E-state index contributed by atoms with van der Waals surface area (Å²) in [5.41, 5.74) is 0.223. The minimum absolute atomic E-state index is 0.0105. The van der Waals surface area contributed by atoms with Crippen molar-refractivity contribution in [3.8, 4) is 11.5 Å². The van der Waals surface area contributed by atoms with Gasteiger partial charge in [-0.3, -0.25) is 9.59 Å². The summed E-state index contributed by atoms with van der Waals surface area (Å²) < 4.78 is 13.6. The number of carbonyl (C=O) groups excluding carboxylic acids is 1. The molecule has 0 saturated heterocycles. The third kappa shape index (κ3) is 4.43. The Morgan fingerprint density at radius 2 is 1.96 bits per heavy atom. The third-order valence-corrected chi connectivity index (χ3v) is 4.95. The quantitative estimate of drug-likeness (QED) is 0.803. The lowest BCUT2D eigenvalue weighted by molar-refractivity contribution is -0.120. The van der Waals surface area contributed by atoms with Crippen molar-refractivity contribution in [3.05, 3.63) is 43.3 Å². The highest BCUT2D eigenvalue weighted by atomic mass is 32.1. The van der Waals surface area contributed by atoms with Gasteiger partial charge >= 0.3 is 0 Å². The highest BCUT2D eigenvalue weighted by Crippen LogP contribution is 2.28. The molecule has 0 amide bonds. The number of benzene rings is 1. The van der Waals surface area contributed by atoms with Gasteiger partial charge in [-0.2, -0.15) is 0 Å². The zero-order chi connectivity index (χ0) is 19.5. The minimum Gasteiger partial charge on any atom is -0.493 e. The summed E-state index contributed by atoms with van der Waals surface area (Å²) in [6.07, 6.45) is 3.34. The molecule has 0 aliphatic heterocycles. The molecule has 140 valence electrons. The standard InChI is InChI=1S/C20H25NO4S/c1-7-25-14-9-8-13(10-15(14)24-6)11-16-19(23)21(5)18(26-16)12-17(22)20(2,3)4/h8-12H,7H2,1-6H3. The van der Waals surface area contributed by atoms with E-state index in [-0.39, 0.29) is 11.3 Å². The van der Waals surface area contributed by atoms with Crippen molar-refractivity contribution < 1.29 is 14.3 Å². The number of nitrogens with zero attached hydrogens (tertiary/aromatic N) is 1. The van der Waals surface area contributed by atoms with Crippen LogP contribution in [0.2, 0.25) is 0 Å². The molecule has 2 rings (SSSR count). The van der Waals surface area contributed by atoms with Crippen LogP contribution in [-0.4, -0.2) is 24.1 Å². The maximum atomic E-state index is 12.5. The van der Waals surface area contributed by atoms with Crippen LogP contribution in [0.3, 0.4) is 0 Å². The van der Waals surface area contributed by atoms with Gasteiger partial charge in [0.15, 0.2) is 17.3 Å². The first-order valence-corrected chi connectivity index (χ1v) is 9.23. The number of hydrogen-bond donors (Lipinski definition) is 0. The average Bonchev–Trinajstić information content (AvgIpc) is 2.83. The zero-order valence-corrected chi connectivity index (χ0v) is 16.9. The Bertz CT molecular complexity index is 977. The van der Waals surface area contributed by atoms with Gasteiger partial charge in [-0.25, -0.2) is 0 Å². The molecule has 0 fully saturated rings. The molecule has 0 unspecified atom stereocenters. The number of thiazole rings is 1. The van der Waals surface area contributed by atoms with Crippen molar-refractivity contribution in [1.82, 2.24) is 4.57 Å². The van der Waals surface area contributed by atoms with Crippen molar-refractivity contribution >= 4 is 29.3 Å². The van der Waals surface area contributed by atoms with Crippen LogP contribution < -0.4 is 24.2 Å². The second-order valence-corrected chi connectivity index (χ2v) is 7.98. The lowest BCUT2D eigenvalue weighted by Gasteiger charge is -2.12. The minimum atomic E-state index is -0.480. The molecule has 2 aromatic rings. The summed E-state index contributed by atoms with van der Waals surface area (Å²) >= 11 is 1.30. The fourth-order valence-corrected chi connectivity index (χ4v) is 3.27. The van der Waals surface area contributed by atoms with Crippen LogP contribution in [-0.2, 0) is 11.8 Å². The van der Waals surface area contributed by atoms with Gasteiger partial charge in [-0.15, -0.1) is 11.3 Å². The highest BCUT2D eigenvalue weighted by Gasteiger charge is 2.19. The van der Waals surface area contributed by atoms with Gasteiger partial charge in [0.1, 0.15) is 4.66 Å². The molecule has 5 nitrogen and oxygen atoms in total. The lowest BCUT2D eigenvalue weighted by atomic mass is 9.91. The Morgan fingerprint density at radius 1 is 1.27 bits per heavy atom. The summed E-state index contributed by atoms with van der Waals surface area (Å²) in [6, 6.07) is 5.52. The van der Waals surface area contributed by atoms with E-state index in [1.807, 2.05) is 45.9 Å². The largest absolute Gasteiger partial charge is 0.493 e. The molecule has 1 aromatic heterocycles. The summed E-state index contributed by atoms with van der Waals surface area (Å²) in [7, 11) is 3.26. The highest BCUT2D eigenvalue weighted by molar-refractivity contribution is 7.07. The molecule has 0 aliphatic carbocycles. The molecule has 26 heavy (non-hydrogen) atoms. The number of carbonyl (C=O) groups is 1. The van der Waals surface area contributed by atoms with Crippen LogP contribution in [0.25, 0.3) is 12.2 Å². The van der Waals surface area contributed by atoms with Gasteiger partial charge in [0, 0.05) is 18.5 Å². The molecule has 0 aliphatic rings. The summed E-state index contributed by atoms with van der Waals surface area (Å²) in [6.45, 7) is 8.03. The van der Waals surface area contributed by atoms with Crippen LogP contribution in [0.15, 0.2) is 23.0 Å². The molecule has 0 atom stereocenters. The van der Waals surface area contributed by atoms with Crippen LogP contribution >= 0.6 is 11.3 Å². The van der Waals surface area contributed by atoms with Crippen LogP contribution in [0.1, 0.15) is 33.3 Å². The van der Waals surface area contributed by atoms with E-state index in [0.29, 0.717) is 27.3 Å². The number of methoxy groups -OCH3 is 1. The van der Waals surface area contributed by atoms with E-state index >= 15 is 0 Å². The van der Waals surface area contributed by atoms with Gasteiger partial charge in [-0.05, 0) is 30.7 Å². The molecule has 0 spiro atoms. The predicted molar refractivity (Wildman–Crippen MR) is 105 cm³/mol. The number of ether oxygens (including phenoxy) is 2. The Balaban J connectivity index is 2.54. The van der Waals surface area contributed by atoms with Gasteiger partial charge in [-0.1, -0.05) is 26.8 Å². The Morgan fingerprint density at radius 3 is 2.54 bits per heavy atom. The fraction of sp³-hybridized carbons (Fsp3) is 0.400. The Kier molecular flexibility index (Phi) is 6.08. The van der Waals surface area contributed by atoms with Gasteiger partial charge in [0.25, 0.3) is 5.56 Å². The predicted octanol–water partition coefficient (Wildman–Crippen LogP) is 2.08. The second-order valence-electron chi connectivity index (χ2n) is 6.91. The van der Waals surface area contributed by atoms with E-state index in [0.717, 1.165) is 5.56 Å². The number of ketones is 1. The second kappa shape index (κ2) is 7.91. The van der Waals surface area contributed by atoms with Crippen molar-refractivity contribution in [2.45, 2.75) is 27.7 Å². The molecule has 6 heteroatoms. The third-order valence-electron chi connectivity index (χ3n) is 3.84. The van der Waals surface area contributed by atoms with Crippen LogP contribution in [0.4, 0.5) is 0 Å². The SMILES string of the molecule is CCOc1ccc(C=c2sc(=CC(=O)C(C)(C)C)n(C)c2=O)cc1OC. The van der Waals surface area contributed by atoms with E-state index in [1.54, 1.807) is 26.3 Å². The van der Waals surface area contributed by atoms with E-state index < -0.39 is 5.41 Å². The average molecular weight is 375 g/mol. The number of rotatable bonds is 5. The number of Topliss-reactive ketones (excluding diaryl/α,β-unsaturated/α-hetero) is 1. The van der Waals surface area contributed by atoms with Crippen molar-refractivity contribution in [2.24, 2.45) is 12.5 Å². The van der Waals surface area contributed by atoms with Gasteiger partial charge in [0.05, 0.1) is 18.2 Å². The van der Waals surface area contributed by atoms with Crippen LogP contribution in [0.5, 0.6) is 11.5 Å². The first-order chi connectivity index (χ1) is 12.2. The van der Waals surface area contributed by atoms with E-state index in [2.05, 4.69) is 0 Å². The van der Waals surface area contributed by atoms with Crippen molar-refractivity contribution in [3.63, 3.8) is 0 Å². The summed E-state index contributed by atoms with van der Waals surface area (Å²) in [5.74, 6) is 1.27. The Hall–Kier alpha value is -2.34. The maximum absolute atomic E-state index is 12.5. The molecular weight excluding hydrogens is 350 g/mol. The van der Waals surface area contributed by atoms with E-state index in [9.17, 15) is 9.59 Å². The fourth-order valence-electron chi connectivity index (χ4n) is 2.24. The summed E-state index contributed by atoms with van der Waals surface area (Å²) in [4.78, 5) is 24.7. The van der Waals surface area contributed by atoms with Crippen molar-refractivity contribution in [1.29, 1.82) is 0 Å². The molecule has 0 radical (unpaired) electrons. The topological polar surface area (TPSA) is 57.5 Å². The normalized spacial score (nSPS) is 13.2. The zero-order valence-electron chi connectivity index (χ0n) is 16.1. The molecule has 0 bridgehead atoms. The number of aromatic nitrogens is 1. The molecular formula is C20H25NO4S. The van der Waals surface area contributed by atoms with Gasteiger partial charge in [0.2, 0.25) is 0 Å². The molecule has 1 heterocycles. The molecule has 1 aromatic carbocycles. The smallest absolute Gasteiger partial charge is 0.268 e.